The largest absolute Gasteiger partial charge is 0.213 e. The van der Waals surface area contributed by atoms with Crippen LogP contribution in [-0.4, -0.2) is 0 Å². The lowest BCUT2D eigenvalue weighted by molar-refractivity contribution is -0.765. The minimum Gasteiger partial charge on any atom is -0.201 e. The molecule has 0 radical (unpaired) electrons. The molecule has 0 spiro atoms. The van der Waals surface area contributed by atoms with Crippen molar-refractivity contribution in [2.75, 3.05) is 0 Å². The SMILES string of the molecule is CCCCc1ccccc1-c1c[n+]2c(cc1C)-c1ccccc1C(CC)(CCc1ccccc1-c1ccc(C)c[n+]1C)C2(C)CC. The first kappa shape index (κ1) is 31.9. The fourth-order valence-corrected chi connectivity index (χ4v) is 8.59. The van der Waals surface area contributed by atoms with Crippen LogP contribution in [0.3, 0.4) is 0 Å². The maximum Gasteiger partial charge on any atom is 0.213 e. The van der Waals surface area contributed by atoms with E-state index >= 15 is 0 Å². The average Bonchev–Trinajstić information content (AvgIpc) is 3.08. The number of unbranched alkanes of at least 4 members (excludes halogenated alkanes) is 1. The Morgan fingerprint density at radius 2 is 1.28 bits per heavy atom. The van der Waals surface area contributed by atoms with Crippen LogP contribution in [0, 0.1) is 13.8 Å². The van der Waals surface area contributed by atoms with E-state index in [9.17, 15) is 0 Å². The van der Waals surface area contributed by atoms with Crippen molar-refractivity contribution < 1.29 is 9.13 Å². The molecule has 0 bridgehead atoms. The number of nitrogens with zero attached hydrogens (tertiary/aromatic N) is 2. The fourth-order valence-electron chi connectivity index (χ4n) is 8.59. The molecular weight excluding hydrogens is 556 g/mol. The Hall–Kier alpha value is -4.04. The summed E-state index contributed by atoms with van der Waals surface area (Å²) in [4.78, 5) is 0. The van der Waals surface area contributed by atoms with E-state index in [4.69, 9.17) is 0 Å². The van der Waals surface area contributed by atoms with Crippen molar-refractivity contribution in [2.45, 2.75) is 97.4 Å². The van der Waals surface area contributed by atoms with E-state index in [2.05, 4.69) is 161 Å². The lowest BCUT2D eigenvalue weighted by atomic mass is 9.57. The van der Waals surface area contributed by atoms with E-state index in [1.807, 2.05) is 0 Å². The third-order valence-electron chi connectivity index (χ3n) is 11.4. The van der Waals surface area contributed by atoms with Gasteiger partial charge in [0.2, 0.25) is 11.4 Å². The van der Waals surface area contributed by atoms with Crippen LogP contribution in [0.15, 0.2) is 103 Å². The summed E-state index contributed by atoms with van der Waals surface area (Å²) in [6.45, 7) is 14.1. The molecule has 2 nitrogen and oxygen atoms in total. The highest BCUT2D eigenvalue weighted by molar-refractivity contribution is 5.73. The third-order valence-corrected chi connectivity index (χ3v) is 11.4. The van der Waals surface area contributed by atoms with Crippen molar-refractivity contribution in [3.8, 4) is 33.6 Å². The van der Waals surface area contributed by atoms with Gasteiger partial charge in [0, 0.05) is 42.2 Å². The number of aryl methyl sites for hydroxylation is 5. The highest BCUT2D eigenvalue weighted by Crippen LogP contribution is 2.53. The quantitative estimate of drug-likeness (QED) is 0.139. The molecule has 2 heteroatoms. The molecule has 1 aliphatic heterocycles. The van der Waals surface area contributed by atoms with Crippen LogP contribution in [0.5, 0.6) is 0 Å². The van der Waals surface area contributed by atoms with Crippen molar-refractivity contribution in [1.29, 1.82) is 0 Å². The Bertz CT molecular complexity index is 1870. The van der Waals surface area contributed by atoms with Crippen molar-refractivity contribution in [3.63, 3.8) is 0 Å². The minimum atomic E-state index is -0.101. The highest BCUT2D eigenvalue weighted by atomic mass is 15.1. The van der Waals surface area contributed by atoms with Gasteiger partial charge in [-0.15, -0.1) is 0 Å². The Balaban J connectivity index is 1.50. The molecule has 0 saturated heterocycles. The van der Waals surface area contributed by atoms with Crippen LogP contribution in [0.4, 0.5) is 0 Å². The Morgan fingerprint density at radius 3 is 1.96 bits per heavy atom. The van der Waals surface area contributed by atoms with Gasteiger partial charge in [-0.1, -0.05) is 87.9 Å². The predicted octanol–water partition coefficient (Wildman–Crippen LogP) is 10.2. The predicted molar refractivity (Wildman–Crippen MR) is 193 cm³/mol. The van der Waals surface area contributed by atoms with Gasteiger partial charge < -0.3 is 0 Å². The van der Waals surface area contributed by atoms with E-state index in [0.29, 0.717) is 0 Å². The summed E-state index contributed by atoms with van der Waals surface area (Å²) in [7, 11) is 2.17. The second-order valence-corrected chi connectivity index (χ2v) is 13.9. The first-order chi connectivity index (χ1) is 22.3. The van der Waals surface area contributed by atoms with Crippen molar-refractivity contribution >= 4 is 0 Å². The Labute approximate surface area is 277 Å². The van der Waals surface area contributed by atoms with E-state index in [1.54, 1.807) is 0 Å². The maximum atomic E-state index is 2.70. The molecule has 236 valence electrons. The summed E-state index contributed by atoms with van der Waals surface area (Å²) in [5.41, 5.74) is 15.0. The Kier molecular flexibility index (Phi) is 9.01. The van der Waals surface area contributed by atoms with Crippen LogP contribution in [0.2, 0.25) is 0 Å². The van der Waals surface area contributed by atoms with Crippen LogP contribution in [-0.2, 0) is 30.8 Å². The summed E-state index contributed by atoms with van der Waals surface area (Å²) in [6, 6.07) is 34.5. The zero-order chi connectivity index (χ0) is 32.5. The zero-order valence-corrected chi connectivity index (χ0v) is 29.2. The van der Waals surface area contributed by atoms with Gasteiger partial charge >= 0.3 is 0 Å². The lowest BCUT2D eigenvalue weighted by Crippen LogP contribution is -2.68. The molecule has 46 heavy (non-hydrogen) atoms. The molecule has 0 fully saturated rings. The molecule has 3 heterocycles. The zero-order valence-electron chi connectivity index (χ0n) is 29.2. The molecule has 3 aromatic carbocycles. The second kappa shape index (κ2) is 13.0. The summed E-state index contributed by atoms with van der Waals surface area (Å²) in [6.07, 6.45) is 12.6. The van der Waals surface area contributed by atoms with Gasteiger partial charge in [0.25, 0.3) is 0 Å². The van der Waals surface area contributed by atoms with E-state index in [-0.39, 0.29) is 11.0 Å². The van der Waals surface area contributed by atoms with E-state index in [1.165, 1.54) is 74.3 Å². The highest BCUT2D eigenvalue weighted by Gasteiger charge is 2.58. The van der Waals surface area contributed by atoms with Crippen LogP contribution >= 0.6 is 0 Å². The molecule has 2 aromatic heterocycles. The van der Waals surface area contributed by atoms with Gasteiger partial charge in [-0.05, 0) is 92.0 Å². The lowest BCUT2D eigenvalue weighted by Gasteiger charge is -2.48. The van der Waals surface area contributed by atoms with Gasteiger partial charge in [-0.3, -0.25) is 0 Å². The van der Waals surface area contributed by atoms with Gasteiger partial charge in [-0.2, -0.15) is 4.57 Å². The summed E-state index contributed by atoms with van der Waals surface area (Å²) in [5, 5.41) is 0. The Morgan fingerprint density at radius 1 is 0.630 bits per heavy atom. The first-order valence-electron chi connectivity index (χ1n) is 17.6. The summed E-state index contributed by atoms with van der Waals surface area (Å²) in [5.74, 6) is 0. The fraction of sp³-hybridized carbons (Fsp3) is 0.364. The van der Waals surface area contributed by atoms with E-state index < -0.39 is 0 Å². The molecular formula is C44H52N2+2. The summed E-state index contributed by atoms with van der Waals surface area (Å²) < 4.78 is 4.98. The summed E-state index contributed by atoms with van der Waals surface area (Å²) >= 11 is 0. The van der Waals surface area contributed by atoms with Crippen molar-refractivity contribution in [3.05, 3.63) is 131 Å². The molecule has 0 saturated carbocycles. The van der Waals surface area contributed by atoms with Gasteiger partial charge in [0.15, 0.2) is 17.9 Å². The van der Waals surface area contributed by atoms with Crippen LogP contribution in [0.25, 0.3) is 33.6 Å². The average molecular weight is 609 g/mol. The van der Waals surface area contributed by atoms with Crippen molar-refractivity contribution in [2.24, 2.45) is 7.05 Å². The molecule has 0 aliphatic carbocycles. The molecule has 6 rings (SSSR count). The first-order valence-corrected chi connectivity index (χ1v) is 17.6. The normalized spacial score (nSPS) is 18.7. The second-order valence-electron chi connectivity index (χ2n) is 13.9. The monoisotopic (exact) mass is 608 g/mol. The van der Waals surface area contributed by atoms with Gasteiger partial charge in [-0.25, -0.2) is 4.57 Å². The number of rotatable bonds is 10. The van der Waals surface area contributed by atoms with Gasteiger partial charge in [0.05, 0.1) is 11.0 Å². The molecule has 5 aromatic rings. The maximum absolute atomic E-state index is 2.70. The third kappa shape index (κ3) is 5.30. The number of benzene rings is 3. The number of hydrogen-bond acceptors (Lipinski definition) is 0. The van der Waals surface area contributed by atoms with Crippen LogP contribution in [0.1, 0.15) is 87.6 Å². The number of pyridine rings is 2. The molecule has 0 amide bonds. The topological polar surface area (TPSA) is 7.76 Å². The minimum absolute atomic E-state index is 0.0349. The molecule has 0 N–H and O–H groups in total. The smallest absolute Gasteiger partial charge is 0.201 e. The molecule has 2 unspecified atom stereocenters. The standard InChI is InChI=1S/C44H52N2/c1-8-11-18-34-19-12-14-21-36(34)39-31-46-42(29-33(39)5)38-23-16-17-24-40(38)44(10-3,43(46,6)9-2)28-27-35-20-13-15-22-37(35)41-26-25-32(4)30-45(41)7/h12-17,19-26,29-31H,8-11,18,27-28H2,1-7H3/q+2. The van der Waals surface area contributed by atoms with Crippen molar-refractivity contribution in [1.82, 2.24) is 0 Å². The number of aromatic nitrogens is 2. The van der Waals surface area contributed by atoms with Gasteiger partial charge in [0.1, 0.15) is 7.05 Å². The molecule has 2 atom stereocenters. The van der Waals surface area contributed by atoms with E-state index in [0.717, 1.165) is 32.1 Å². The van der Waals surface area contributed by atoms with Crippen LogP contribution < -0.4 is 9.13 Å². The number of hydrogen-bond donors (Lipinski definition) is 0. The molecule has 1 aliphatic rings. The number of fused-ring (bicyclic) bond motifs is 3.